The molecule has 0 aromatic carbocycles. The van der Waals surface area contributed by atoms with Crippen LogP contribution in [0.5, 0.6) is 0 Å². The highest BCUT2D eigenvalue weighted by molar-refractivity contribution is 4.99. The van der Waals surface area contributed by atoms with Crippen molar-refractivity contribution in [3.63, 3.8) is 0 Å². The van der Waals surface area contributed by atoms with Crippen LogP contribution in [0, 0.1) is 0 Å². The highest BCUT2D eigenvalue weighted by atomic mass is 19.1. The van der Waals surface area contributed by atoms with Crippen LogP contribution in [0.4, 0.5) is 4.39 Å². The predicted molar refractivity (Wildman–Crippen MR) is 54.5 cm³/mol. The standard InChI is InChI=1S/C10H14FN3O/c1-10(11)6-14(7-10)5-2-8-9(15)13-4-3-12-8/h3-4H,2,5-7H2,1H3,(H,13,15). The van der Waals surface area contributed by atoms with Crippen molar-refractivity contribution < 1.29 is 4.39 Å². The van der Waals surface area contributed by atoms with Crippen LogP contribution in [0.25, 0.3) is 0 Å². The van der Waals surface area contributed by atoms with Gasteiger partial charge in [-0.2, -0.15) is 0 Å². The largest absolute Gasteiger partial charge is 0.326 e. The van der Waals surface area contributed by atoms with Crippen LogP contribution in [-0.4, -0.2) is 40.2 Å². The van der Waals surface area contributed by atoms with Crippen LogP contribution in [0.15, 0.2) is 17.2 Å². The van der Waals surface area contributed by atoms with E-state index < -0.39 is 5.67 Å². The van der Waals surface area contributed by atoms with Gasteiger partial charge >= 0.3 is 0 Å². The Kier molecular flexibility index (Phi) is 2.56. The Balaban J connectivity index is 1.85. The van der Waals surface area contributed by atoms with Crippen molar-refractivity contribution in [1.29, 1.82) is 0 Å². The predicted octanol–water partition coefficient (Wildman–Crippen LogP) is 0.356. The molecule has 0 atom stereocenters. The maximum absolute atomic E-state index is 13.1. The van der Waals surface area contributed by atoms with Crippen molar-refractivity contribution in [1.82, 2.24) is 14.9 Å². The molecule has 0 spiro atoms. The van der Waals surface area contributed by atoms with Crippen LogP contribution in [0.1, 0.15) is 12.6 Å². The maximum Gasteiger partial charge on any atom is 0.269 e. The van der Waals surface area contributed by atoms with Crippen molar-refractivity contribution in [3.05, 3.63) is 28.4 Å². The molecule has 1 fully saturated rings. The molecule has 5 heteroatoms. The number of aromatic amines is 1. The Morgan fingerprint density at radius 3 is 3.00 bits per heavy atom. The summed E-state index contributed by atoms with van der Waals surface area (Å²) in [5, 5.41) is 0. The molecule has 1 saturated heterocycles. The first-order valence-electron chi connectivity index (χ1n) is 5.01. The lowest BCUT2D eigenvalue weighted by atomic mass is 9.99. The molecule has 15 heavy (non-hydrogen) atoms. The Hall–Kier alpha value is -1.23. The monoisotopic (exact) mass is 211 g/mol. The number of rotatable bonds is 3. The number of H-pyrrole nitrogens is 1. The van der Waals surface area contributed by atoms with Gasteiger partial charge in [0, 0.05) is 38.4 Å². The van der Waals surface area contributed by atoms with E-state index in [1.165, 1.54) is 6.20 Å². The lowest BCUT2D eigenvalue weighted by Gasteiger charge is -2.42. The third-order valence-electron chi connectivity index (χ3n) is 2.55. The fourth-order valence-electron chi connectivity index (χ4n) is 1.87. The van der Waals surface area contributed by atoms with Crippen molar-refractivity contribution in [2.24, 2.45) is 0 Å². The average molecular weight is 211 g/mol. The highest BCUT2D eigenvalue weighted by Crippen LogP contribution is 2.23. The number of likely N-dealkylation sites (tertiary alicyclic amines) is 1. The molecule has 1 aromatic rings. The Morgan fingerprint density at radius 1 is 1.67 bits per heavy atom. The third kappa shape index (κ3) is 2.41. The van der Waals surface area contributed by atoms with Gasteiger partial charge in [0.25, 0.3) is 5.56 Å². The van der Waals surface area contributed by atoms with Crippen LogP contribution in [0.3, 0.4) is 0 Å². The lowest BCUT2D eigenvalue weighted by Crippen LogP contribution is -2.57. The molecular weight excluding hydrogens is 197 g/mol. The fraction of sp³-hybridized carbons (Fsp3) is 0.600. The van der Waals surface area contributed by atoms with E-state index in [0.717, 1.165) is 0 Å². The zero-order valence-corrected chi connectivity index (χ0v) is 8.66. The number of hydrogen-bond donors (Lipinski definition) is 1. The molecule has 1 N–H and O–H groups in total. The molecule has 2 rings (SSSR count). The second-order valence-corrected chi connectivity index (χ2v) is 4.24. The molecule has 0 amide bonds. The molecule has 1 aromatic heterocycles. The number of nitrogens with zero attached hydrogens (tertiary/aromatic N) is 2. The van der Waals surface area contributed by atoms with Crippen molar-refractivity contribution in [2.75, 3.05) is 19.6 Å². The topological polar surface area (TPSA) is 49.0 Å². The number of hydrogen-bond acceptors (Lipinski definition) is 3. The SMILES string of the molecule is CC1(F)CN(CCc2ncc[nH]c2=O)C1. The third-order valence-corrected chi connectivity index (χ3v) is 2.55. The van der Waals surface area contributed by atoms with Crippen LogP contribution in [-0.2, 0) is 6.42 Å². The van der Waals surface area contributed by atoms with E-state index in [2.05, 4.69) is 9.97 Å². The summed E-state index contributed by atoms with van der Waals surface area (Å²) in [6, 6.07) is 0. The second kappa shape index (κ2) is 3.73. The average Bonchev–Trinajstić information content (AvgIpc) is 2.13. The minimum Gasteiger partial charge on any atom is -0.326 e. The van der Waals surface area contributed by atoms with E-state index in [0.29, 0.717) is 31.7 Å². The number of nitrogens with one attached hydrogen (secondary N) is 1. The zero-order chi connectivity index (χ0) is 10.9. The molecule has 0 saturated carbocycles. The normalized spacial score (nSPS) is 19.9. The fourth-order valence-corrected chi connectivity index (χ4v) is 1.87. The number of halogens is 1. The minimum atomic E-state index is -1.05. The smallest absolute Gasteiger partial charge is 0.269 e. The van der Waals surface area contributed by atoms with Gasteiger partial charge in [-0.15, -0.1) is 0 Å². The van der Waals surface area contributed by atoms with E-state index in [9.17, 15) is 9.18 Å². The van der Waals surface area contributed by atoms with E-state index in [1.807, 2.05) is 4.90 Å². The van der Waals surface area contributed by atoms with Gasteiger partial charge < -0.3 is 4.98 Å². The van der Waals surface area contributed by atoms with Gasteiger partial charge in [-0.25, -0.2) is 4.39 Å². The molecule has 0 bridgehead atoms. The molecule has 82 valence electrons. The molecular formula is C10H14FN3O. The van der Waals surface area contributed by atoms with E-state index in [4.69, 9.17) is 0 Å². The summed E-state index contributed by atoms with van der Waals surface area (Å²) < 4.78 is 13.1. The van der Waals surface area contributed by atoms with Gasteiger partial charge in [-0.1, -0.05) is 0 Å². The van der Waals surface area contributed by atoms with Crippen LogP contribution in [0.2, 0.25) is 0 Å². The molecule has 4 nitrogen and oxygen atoms in total. The van der Waals surface area contributed by atoms with Gasteiger partial charge in [0.1, 0.15) is 11.4 Å². The first-order chi connectivity index (χ1) is 7.07. The highest BCUT2D eigenvalue weighted by Gasteiger charge is 2.38. The summed E-state index contributed by atoms with van der Waals surface area (Å²) in [6.07, 6.45) is 3.65. The summed E-state index contributed by atoms with van der Waals surface area (Å²) in [4.78, 5) is 19.8. The Bertz CT molecular complexity index is 394. The molecule has 0 unspecified atom stereocenters. The first-order valence-corrected chi connectivity index (χ1v) is 5.01. The van der Waals surface area contributed by atoms with Gasteiger partial charge in [0.2, 0.25) is 0 Å². The van der Waals surface area contributed by atoms with Crippen molar-refractivity contribution in [3.8, 4) is 0 Å². The summed E-state index contributed by atoms with van der Waals surface area (Å²) in [7, 11) is 0. The summed E-state index contributed by atoms with van der Waals surface area (Å²) >= 11 is 0. The molecule has 1 aliphatic rings. The van der Waals surface area contributed by atoms with E-state index in [1.54, 1.807) is 13.1 Å². The van der Waals surface area contributed by atoms with E-state index in [-0.39, 0.29) is 5.56 Å². The van der Waals surface area contributed by atoms with Gasteiger partial charge in [0.05, 0.1) is 0 Å². The van der Waals surface area contributed by atoms with Gasteiger partial charge in [-0.05, 0) is 6.92 Å². The van der Waals surface area contributed by atoms with Gasteiger partial charge in [0.15, 0.2) is 0 Å². The zero-order valence-electron chi connectivity index (χ0n) is 8.66. The Labute approximate surface area is 87.1 Å². The quantitative estimate of drug-likeness (QED) is 0.785. The molecule has 1 aliphatic heterocycles. The number of aromatic nitrogens is 2. The van der Waals surface area contributed by atoms with Crippen molar-refractivity contribution >= 4 is 0 Å². The molecule has 0 radical (unpaired) electrons. The maximum atomic E-state index is 13.1. The first kappa shape index (κ1) is 10.3. The molecule has 2 heterocycles. The van der Waals surface area contributed by atoms with Crippen LogP contribution < -0.4 is 5.56 Å². The summed E-state index contributed by atoms with van der Waals surface area (Å²) in [5.41, 5.74) is -0.678. The second-order valence-electron chi connectivity index (χ2n) is 4.24. The summed E-state index contributed by atoms with van der Waals surface area (Å²) in [6.45, 7) is 3.20. The lowest BCUT2D eigenvalue weighted by molar-refractivity contribution is -0.0164. The van der Waals surface area contributed by atoms with Crippen LogP contribution >= 0.6 is 0 Å². The Morgan fingerprint density at radius 2 is 2.40 bits per heavy atom. The summed E-state index contributed by atoms with van der Waals surface area (Å²) in [5.74, 6) is 0. The van der Waals surface area contributed by atoms with E-state index >= 15 is 0 Å². The van der Waals surface area contributed by atoms with Crippen molar-refractivity contribution in [2.45, 2.75) is 19.0 Å². The van der Waals surface area contributed by atoms with Gasteiger partial charge in [-0.3, -0.25) is 14.7 Å². The minimum absolute atomic E-state index is 0.152. The number of alkyl halides is 1. The molecule has 0 aliphatic carbocycles.